The van der Waals surface area contributed by atoms with Crippen molar-refractivity contribution in [2.24, 2.45) is 16.8 Å². The van der Waals surface area contributed by atoms with Crippen molar-refractivity contribution in [1.29, 1.82) is 0 Å². The predicted molar refractivity (Wildman–Crippen MR) is 66.1 cm³/mol. The standard InChI is InChI=1S/C11H24N4O/c1-9(2)8-13-11(14-12)15(6-7-16-3)10-4-5-10/h9-10H,4-8,12H2,1-3H3,(H,13,14). The van der Waals surface area contributed by atoms with E-state index < -0.39 is 0 Å². The number of nitrogens with zero attached hydrogens (tertiary/aromatic N) is 2. The van der Waals surface area contributed by atoms with Crippen LogP contribution in [0, 0.1) is 5.92 Å². The fourth-order valence-corrected chi connectivity index (χ4v) is 1.53. The van der Waals surface area contributed by atoms with E-state index in [-0.39, 0.29) is 0 Å². The van der Waals surface area contributed by atoms with E-state index in [0.717, 1.165) is 19.0 Å². The normalized spacial score (nSPS) is 16.7. The number of hydrogen-bond acceptors (Lipinski definition) is 3. The monoisotopic (exact) mass is 228 g/mol. The van der Waals surface area contributed by atoms with E-state index >= 15 is 0 Å². The van der Waals surface area contributed by atoms with Crippen molar-refractivity contribution in [3.05, 3.63) is 0 Å². The van der Waals surface area contributed by atoms with Gasteiger partial charge in [0.05, 0.1) is 6.61 Å². The Balaban J connectivity index is 2.54. The van der Waals surface area contributed by atoms with Crippen LogP contribution in [0.2, 0.25) is 0 Å². The summed E-state index contributed by atoms with van der Waals surface area (Å²) in [5, 5.41) is 0. The Bertz CT molecular complexity index is 226. The Hall–Kier alpha value is -0.810. The smallest absolute Gasteiger partial charge is 0.208 e. The molecular weight excluding hydrogens is 204 g/mol. The highest BCUT2D eigenvalue weighted by atomic mass is 16.5. The number of hydrazine groups is 1. The van der Waals surface area contributed by atoms with Gasteiger partial charge in [-0.2, -0.15) is 0 Å². The van der Waals surface area contributed by atoms with E-state index in [9.17, 15) is 0 Å². The zero-order chi connectivity index (χ0) is 12.0. The van der Waals surface area contributed by atoms with Gasteiger partial charge in [-0.25, -0.2) is 5.84 Å². The first-order chi connectivity index (χ1) is 7.69. The maximum atomic E-state index is 5.53. The van der Waals surface area contributed by atoms with E-state index in [4.69, 9.17) is 10.6 Å². The second-order valence-corrected chi connectivity index (χ2v) is 4.62. The lowest BCUT2D eigenvalue weighted by atomic mass is 10.2. The average Bonchev–Trinajstić information content (AvgIpc) is 3.06. The maximum absolute atomic E-state index is 5.53. The summed E-state index contributed by atoms with van der Waals surface area (Å²) in [5.74, 6) is 6.88. The molecule has 5 nitrogen and oxygen atoms in total. The Labute approximate surface area is 98.0 Å². The molecule has 1 fully saturated rings. The van der Waals surface area contributed by atoms with E-state index in [1.165, 1.54) is 12.8 Å². The Morgan fingerprint density at radius 3 is 2.69 bits per heavy atom. The lowest BCUT2D eigenvalue weighted by molar-refractivity contribution is 0.172. The second kappa shape index (κ2) is 6.70. The van der Waals surface area contributed by atoms with E-state index in [0.29, 0.717) is 18.6 Å². The molecule has 5 heteroatoms. The number of hydrogen-bond donors (Lipinski definition) is 2. The Morgan fingerprint density at radius 1 is 1.56 bits per heavy atom. The molecule has 0 aliphatic heterocycles. The summed E-state index contributed by atoms with van der Waals surface area (Å²) in [4.78, 5) is 6.72. The van der Waals surface area contributed by atoms with Gasteiger partial charge in [-0.3, -0.25) is 10.4 Å². The fourth-order valence-electron chi connectivity index (χ4n) is 1.53. The number of aliphatic imine (C=N–C) groups is 1. The molecule has 0 heterocycles. The van der Waals surface area contributed by atoms with Gasteiger partial charge in [0.15, 0.2) is 0 Å². The van der Waals surface area contributed by atoms with Crippen LogP contribution in [-0.2, 0) is 4.74 Å². The predicted octanol–water partition coefficient (Wildman–Crippen LogP) is 0.573. The minimum absolute atomic E-state index is 0.548. The van der Waals surface area contributed by atoms with Crippen molar-refractivity contribution >= 4 is 5.96 Å². The largest absolute Gasteiger partial charge is 0.383 e. The third kappa shape index (κ3) is 4.37. The highest BCUT2D eigenvalue weighted by Crippen LogP contribution is 2.26. The van der Waals surface area contributed by atoms with Gasteiger partial charge >= 0.3 is 0 Å². The van der Waals surface area contributed by atoms with Gasteiger partial charge in [0.25, 0.3) is 0 Å². The van der Waals surface area contributed by atoms with Gasteiger partial charge < -0.3 is 9.64 Å². The lowest BCUT2D eigenvalue weighted by Gasteiger charge is -2.25. The maximum Gasteiger partial charge on any atom is 0.208 e. The van der Waals surface area contributed by atoms with Gasteiger partial charge in [-0.15, -0.1) is 0 Å². The SMILES string of the molecule is COCCN(C(=NCC(C)C)NN)C1CC1. The summed E-state index contributed by atoms with van der Waals surface area (Å²) in [5.41, 5.74) is 2.71. The number of ether oxygens (including phenoxy) is 1. The summed E-state index contributed by atoms with van der Waals surface area (Å²) in [6.07, 6.45) is 2.46. The molecule has 0 bridgehead atoms. The van der Waals surface area contributed by atoms with E-state index in [2.05, 4.69) is 29.2 Å². The van der Waals surface area contributed by atoms with E-state index in [1.54, 1.807) is 7.11 Å². The summed E-state index contributed by atoms with van der Waals surface area (Å²) in [6, 6.07) is 0.595. The molecule has 0 aromatic heterocycles. The van der Waals surface area contributed by atoms with Crippen molar-refractivity contribution in [3.8, 4) is 0 Å². The molecule has 16 heavy (non-hydrogen) atoms. The van der Waals surface area contributed by atoms with Crippen LogP contribution >= 0.6 is 0 Å². The number of guanidine groups is 1. The van der Waals surface area contributed by atoms with Gasteiger partial charge in [-0.05, 0) is 18.8 Å². The fraction of sp³-hybridized carbons (Fsp3) is 0.909. The molecule has 0 radical (unpaired) electrons. The molecule has 0 aromatic carbocycles. The molecular formula is C11H24N4O. The van der Waals surface area contributed by atoms with Gasteiger partial charge in [-0.1, -0.05) is 13.8 Å². The Morgan fingerprint density at radius 2 is 2.25 bits per heavy atom. The second-order valence-electron chi connectivity index (χ2n) is 4.62. The minimum atomic E-state index is 0.548. The molecule has 0 spiro atoms. The highest BCUT2D eigenvalue weighted by Gasteiger charge is 2.30. The topological polar surface area (TPSA) is 62.9 Å². The number of rotatable bonds is 6. The van der Waals surface area contributed by atoms with Crippen molar-refractivity contribution < 1.29 is 4.74 Å². The van der Waals surface area contributed by atoms with Crippen LogP contribution in [0.1, 0.15) is 26.7 Å². The minimum Gasteiger partial charge on any atom is -0.383 e. The summed E-state index contributed by atoms with van der Waals surface area (Å²) in [6.45, 7) is 6.65. The van der Waals surface area contributed by atoms with Crippen LogP contribution in [-0.4, -0.2) is 43.7 Å². The van der Waals surface area contributed by atoms with Crippen LogP contribution in [0.5, 0.6) is 0 Å². The van der Waals surface area contributed by atoms with Gasteiger partial charge in [0, 0.05) is 26.2 Å². The molecule has 1 saturated carbocycles. The van der Waals surface area contributed by atoms with Crippen molar-refractivity contribution in [2.75, 3.05) is 26.8 Å². The molecule has 0 aromatic rings. The van der Waals surface area contributed by atoms with E-state index in [1.807, 2.05) is 0 Å². The van der Waals surface area contributed by atoms with Crippen molar-refractivity contribution in [1.82, 2.24) is 10.3 Å². The molecule has 1 rings (SSSR count). The number of nitrogens with one attached hydrogen (secondary N) is 1. The molecule has 1 aliphatic carbocycles. The van der Waals surface area contributed by atoms with Crippen LogP contribution in [0.15, 0.2) is 4.99 Å². The highest BCUT2D eigenvalue weighted by molar-refractivity contribution is 5.80. The molecule has 3 N–H and O–H groups in total. The van der Waals surface area contributed by atoms with Gasteiger partial charge in [0.2, 0.25) is 5.96 Å². The summed E-state index contributed by atoms with van der Waals surface area (Å²) < 4.78 is 5.11. The molecule has 94 valence electrons. The van der Waals surface area contributed by atoms with Crippen molar-refractivity contribution in [2.45, 2.75) is 32.7 Å². The average molecular weight is 228 g/mol. The first kappa shape index (κ1) is 13.3. The summed E-state index contributed by atoms with van der Waals surface area (Å²) in [7, 11) is 1.71. The third-order valence-electron chi connectivity index (χ3n) is 2.53. The molecule has 0 unspecified atom stereocenters. The van der Waals surface area contributed by atoms with Gasteiger partial charge in [0.1, 0.15) is 0 Å². The number of methoxy groups -OCH3 is 1. The quantitative estimate of drug-likeness (QED) is 0.302. The molecule has 0 amide bonds. The first-order valence-corrected chi connectivity index (χ1v) is 5.95. The molecule has 1 aliphatic rings. The van der Waals surface area contributed by atoms with Crippen LogP contribution in [0.25, 0.3) is 0 Å². The molecule has 0 saturated heterocycles. The zero-order valence-electron chi connectivity index (χ0n) is 10.6. The first-order valence-electron chi connectivity index (χ1n) is 5.95. The lowest BCUT2D eigenvalue weighted by Crippen LogP contribution is -2.47. The van der Waals surface area contributed by atoms with Crippen molar-refractivity contribution in [3.63, 3.8) is 0 Å². The molecule has 0 atom stereocenters. The third-order valence-corrected chi connectivity index (χ3v) is 2.53. The Kier molecular flexibility index (Phi) is 5.55. The van der Waals surface area contributed by atoms with Crippen LogP contribution in [0.3, 0.4) is 0 Å². The van der Waals surface area contributed by atoms with Crippen LogP contribution in [0.4, 0.5) is 0 Å². The van der Waals surface area contributed by atoms with Crippen LogP contribution < -0.4 is 11.3 Å². The summed E-state index contributed by atoms with van der Waals surface area (Å²) >= 11 is 0. The number of nitrogens with two attached hydrogens (primary N) is 1. The zero-order valence-corrected chi connectivity index (χ0v) is 10.6.